The van der Waals surface area contributed by atoms with Crippen LogP contribution >= 0.6 is 22.9 Å². The summed E-state index contributed by atoms with van der Waals surface area (Å²) in [4.78, 5) is 11.4. The van der Waals surface area contributed by atoms with Gasteiger partial charge in [-0.3, -0.25) is 4.79 Å². The van der Waals surface area contributed by atoms with Crippen molar-refractivity contribution in [3.8, 4) is 0 Å². The Hall–Kier alpha value is -0.580. The molecule has 1 aromatic heterocycles. The maximum atomic E-state index is 10.8. The Labute approximate surface area is 84.6 Å². The Morgan fingerprint density at radius 1 is 1.62 bits per heavy atom. The van der Waals surface area contributed by atoms with E-state index >= 15 is 0 Å². The van der Waals surface area contributed by atoms with Crippen LogP contribution < -0.4 is 0 Å². The number of carbonyl (C=O) groups is 1. The van der Waals surface area contributed by atoms with Crippen LogP contribution in [0, 0.1) is 0 Å². The number of rotatable bonds is 4. The van der Waals surface area contributed by atoms with E-state index in [0.29, 0.717) is 9.21 Å². The molecule has 2 N–H and O–H groups in total. The van der Waals surface area contributed by atoms with E-state index in [2.05, 4.69) is 0 Å². The monoisotopic (exact) mass is 220 g/mol. The molecule has 0 aliphatic rings. The number of carboxylic acids is 1. The van der Waals surface area contributed by atoms with Crippen molar-refractivity contribution in [2.45, 2.75) is 12.3 Å². The van der Waals surface area contributed by atoms with Gasteiger partial charge < -0.3 is 10.2 Å². The molecule has 13 heavy (non-hydrogen) atoms. The highest BCUT2D eigenvalue weighted by atomic mass is 35.5. The Bertz CT molecular complexity index is 297. The first kappa shape index (κ1) is 10.5. The fourth-order valence-electron chi connectivity index (χ4n) is 1.03. The van der Waals surface area contributed by atoms with Crippen LogP contribution in [0.2, 0.25) is 4.34 Å². The number of aliphatic carboxylic acids is 1. The summed E-state index contributed by atoms with van der Waals surface area (Å²) in [6.45, 7) is -0.132. The SMILES string of the molecule is O=C(O)C(CCO)c1ccc(Cl)s1. The zero-order valence-electron chi connectivity index (χ0n) is 6.74. The highest BCUT2D eigenvalue weighted by Gasteiger charge is 2.20. The fraction of sp³-hybridized carbons (Fsp3) is 0.375. The highest BCUT2D eigenvalue weighted by Crippen LogP contribution is 2.30. The minimum atomic E-state index is -0.924. The van der Waals surface area contributed by atoms with Crippen LogP contribution in [0.25, 0.3) is 0 Å². The largest absolute Gasteiger partial charge is 0.481 e. The lowest BCUT2D eigenvalue weighted by molar-refractivity contribution is -0.139. The lowest BCUT2D eigenvalue weighted by Gasteiger charge is -2.07. The van der Waals surface area contributed by atoms with Gasteiger partial charge in [-0.2, -0.15) is 0 Å². The van der Waals surface area contributed by atoms with E-state index in [9.17, 15) is 4.79 Å². The van der Waals surface area contributed by atoms with Crippen LogP contribution in [0.15, 0.2) is 12.1 Å². The summed E-state index contributed by atoms with van der Waals surface area (Å²) in [5, 5.41) is 17.5. The summed E-state index contributed by atoms with van der Waals surface area (Å²) in [6, 6.07) is 3.34. The van der Waals surface area contributed by atoms with Crippen LogP contribution in [0.4, 0.5) is 0 Å². The maximum absolute atomic E-state index is 10.8. The fourth-order valence-corrected chi connectivity index (χ4v) is 2.22. The molecule has 1 unspecified atom stereocenters. The van der Waals surface area contributed by atoms with E-state index in [-0.39, 0.29) is 13.0 Å². The van der Waals surface area contributed by atoms with Gasteiger partial charge in [0.2, 0.25) is 0 Å². The first-order chi connectivity index (χ1) is 6.15. The molecule has 0 saturated heterocycles. The molecule has 0 aliphatic carbocycles. The maximum Gasteiger partial charge on any atom is 0.311 e. The molecule has 1 heterocycles. The smallest absolute Gasteiger partial charge is 0.311 e. The van der Waals surface area contributed by atoms with Gasteiger partial charge in [-0.25, -0.2) is 0 Å². The topological polar surface area (TPSA) is 57.5 Å². The lowest BCUT2D eigenvalue weighted by atomic mass is 10.1. The number of hydrogen-bond acceptors (Lipinski definition) is 3. The van der Waals surface area contributed by atoms with E-state index in [0.717, 1.165) is 0 Å². The summed E-state index contributed by atoms with van der Waals surface area (Å²) < 4.78 is 0.569. The van der Waals surface area contributed by atoms with E-state index in [1.54, 1.807) is 12.1 Å². The van der Waals surface area contributed by atoms with Gasteiger partial charge in [0.1, 0.15) is 0 Å². The van der Waals surface area contributed by atoms with E-state index in [1.807, 2.05) is 0 Å². The van der Waals surface area contributed by atoms with Crippen LogP contribution in [0.3, 0.4) is 0 Å². The molecular formula is C8H9ClO3S. The van der Waals surface area contributed by atoms with Gasteiger partial charge in [0, 0.05) is 11.5 Å². The molecule has 3 nitrogen and oxygen atoms in total. The van der Waals surface area contributed by atoms with E-state index < -0.39 is 11.9 Å². The molecular weight excluding hydrogens is 212 g/mol. The van der Waals surface area contributed by atoms with Gasteiger partial charge in [0.25, 0.3) is 0 Å². The normalized spacial score (nSPS) is 12.8. The molecule has 0 spiro atoms. The number of halogens is 1. The van der Waals surface area contributed by atoms with Gasteiger partial charge in [-0.1, -0.05) is 11.6 Å². The molecule has 0 amide bonds. The Morgan fingerprint density at radius 3 is 2.69 bits per heavy atom. The highest BCUT2D eigenvalue weighted by molar-refractivity contribution is 7.16. The van der Waals surface area contributed by atoms with Gasteiger partial charge in [-0.05, 0) is 18.6 Å². The molecule has 0 aliphatic heterocycles. The third-order valence-corrected chi connectivity index (χ3v) is 3.00. The van der Waals surface area contributed by atoms with Crippen molar-refractivity contribution in [2.24, 2.45) is 0 Å². The van der Waals surface area contributed by atoms with Gasteiger partial charge in [0.15, 0.2) is 0 Å². The average Bonchev–Trinajstić information content (AvgIpc) is 2.46. The quantitative estimate of drug-likeness (QED) is 0.816. The van der Waals surface area contributed by atoms with Gasteiger partial charge >= 0.3 is 5.97 Å². The van der Waals surface area contributed by atoms with Crippen molar-refractivity contribution >= 4 is 28.9 Å². The van der Waals surface area contributed by atoms with Crippen LogP contribution in [-0.2, 0) is 4.79 Å². The first-order valence-electron chi connectivity index (χ1n) is 3.74. The molecule has 0 aromatic carbocycles. The molecule has 1 atom stereocenters. The summed E-state index contributed by atoms with van der Waals surface area (Å²) in [5.41, 5.74) is 0. The number of aliphatic hydroxyl groups excluding tert-OH is 1. The second-order valence-corrected chi connectivity index (χ2v) is 4.29. The Kier molecular flexibility index (Phi) is 3.71. The summed E-state index contributed by atoms with van der Waals surface area (Å²) in [6.07, 6.45) is 0.228. The Morgan fingerprint density at radius 2 is 2.31 bits per heavy atom. The summed E-state index contributed by atoms with van der Waals surface area (Å²) in [5.74, 6) is -1.56. The number of hydrogen-bond donors (Lipinski definition) is 2. The van der Waals surface area contributed by atoms with Crippen molar-refractivity contribution in [2.75, 3.05) is 6.61 Å². The van der Waals surface area contributed by atoms with Crippen molar-refractivity contribution in [1.29, 1.82) is 0 Å². The molecule has 1 rings (SSSR count). The van der Waals surface area contributed by atoms with Gasteiger partial charge in [-0.15, -0.1) is 11.3 Å². The van der Waals surface area contributed by atoms with Crippen LogP contribution in [-0.4, -0.2) is 22.8 Å². The van der Waals surface area contributed by atoms with E-state index in [4.69, 9.17) is 21.8 Å². The van der Waals surface area contributed by atoms with Crippen molar-refractivity contribution < 1.29 is 15.0 Å². The second-order valence-electron chi connectivity index (χ2n) is 2.54. The molecule has 0 saturated carbocycles. The molecule has 72 valence electrons. The zero-order valence-corrected chi connectivity index (χ0v) is 8.31. The molecule has 0 bridgehead atoms. The zero-order chi connectivity index (χ0) is 9.84. The standard InChI is InChI=1S/C8H9ClO3S/c9-7-2-1-6(13-7)5(3-4-10)8(11)12/h1-2,5,10H,3-4H2,(H,11,12). The van der Waals surface area contributed by atoms with Crippen LogP contribution in [0.5, 0.6) is 0 Å². The minimum Gasteiger partial charge on any atom is -0.481 e. The van der Waals surface area contributed by atoms with E-state index in [1.165, 1.54) is 11.3 Å². The first-order valence-corrected chi connectivity index (χ1v) is 4.93. The molecule has 0 fully saturated rings. The lowest BCUT2D eigenvalue weighted by Crippen LogP contribution is -2.11. The third-order valence-electron chi connectivity index (χ3n) is 1.65. The van der Waals surface area contributed by atoms with Gasteiger partial charge in [0.05, 0.1) is 10.3 Å². The van der Waals surface area contributed by atoms with Crippen LogP contribution in [0.1, 0.15) is 17.2 Å². The van der Waals surface area contributed by atoms with Crippen molar-refractivity contribution in [3.05, 3.63) is 21.3 Å². The predicted octanol–water partition coefficient (Wildman–Crippen LogP) is 1.95. The second kappa shape index (κ2) is 4.60. The summed E-state index contributed by atoms with van der Waals surface area (Å²) >= 11 is 6.91. The molecule has 0 radical (unpaired) electrons. The number of aliphatic hydroxyl groups is 1. The third kappa shape index (κ3) is 2.69. The van der Waals surface area contributed by atoms with Crippen molar-refractivity contribution in [3.63, 3.8) is 0 Å². The summed E-state index contributed by atoms with van der Waals surface area (Å²) in [7, 11) is 0. The molecule has 1 aromatic rings. The average molecular weight is 221 g/mol. The predicted molar refractivity (Wildman–Crippen MR) is 51.4 cm³/mol. The Balaban J connectivity index is 2.81. The van der Waals surface area contributed by atoms with Crippen molar-refractivity contribution in [1.82, 2.24) is 0 Å². The number of carboxylic acid groups (broad SMARTS) is 1. The minimum absolute atomic E-state index is 0.132. The number of thiophene rings is 1. The molecule has 5 heteroatoms.